The number of fused-ring (bicyclic) bond motifs is 1. The summed E-state index contributed by atoms with van der Waals surface area (Å²) in [6.07, 6.45) is 7.15. The van der Waals surface area contributed by atoms with E-state index < -0.39 is 5.91 Å². The highest BCUT2D eigenvalue weighted by Crippen LogP contribution is 2.27. The van der Waals surface area contributed by atoms with E-state index in [1.807, 2.05) is 0 Å². The topological polar surface area (TPSA) is 99.1 Å². The molecule has 0 spiro atoms. The van der Waals surface area contributed by atoms with Gasteiger partial charge in [-0.3, -0.25) is 24.1 Å². The number of hydrogen-bond acceptors (Lipinski definition) is 4. The molecule has 22 heavy (non-hydrogen) atoms. The van der Waals surface area contributed by atoms with E-state index >= 15 is 0 Å². The van der Waals surface area contributed by atoms with Crippen molar-refractivity contribution in [3.05, 3.63) is 32.1 Å². The van der Waals surface area contributed by atoms with Crippen molar-refractivity contribution in [3.8, 4) is 0 Å². The Hall–Kier alpha value is -1.89. The van der Waals surface area contributed by atoms with E-state index in [0.717, 1.165) is 38.5 Å². The van der Waals surface area contributed by atoms with Crippen LogP contribution in [0.15, 0.2) is 9.59 Å². The SMILES string of the molecule is NNC(=O)Cn1c2c(c(=O)n(C3CCCCC3)c1=O)CCC2. The summed E-state index contributed by atoms with van der Waals surface area (Å²) < 4.78 is 2.84. The Balaban J connectivity index is 2.14. The molecule has 1 amide bonds. The monoisotopic (exact) mass is 306 g/mol. The molecule has 0 atom stereocenters. The Kier molecular flexibility index (Phi) is 4.15. The van der Waals surface area contributed by atoms with Crippen LogP contribution >= 0.6 is 0 Å². The van der Waals surface area contributed by atoms with Gasteiger partial charge >= 0.3 is 5.69 Å². The van der Waals surface area contributed by atoms with E-state index in [1.54, 1.807) is 0 Å². The van der Waals surface area contributed by atoms with Gasteiger partial charge in [0.05, 0.1) is 0 Å². The van der Waals surface area contributed by atoms with Crippen LogP contribution in [0.2, 0.25) is 0 Å². The van der Waals surface area contributed by atoms with Crippen molar-refractivity contribution >= 4 is 5.91 Å². The fourth-order valence-electron chi connectivity index (χ4n) is 3.75. The van der Waals surface area contributed by atoms with Crippen molar-refractivity contribution in [3.63, 3.8) is 0 Å². The van der Waals surface area contributed by atoms with Crippen LogP contribution in [0.4, 0.5) is 0 Å². The molecule has 2 aliphatic carbocycles. The van der Waals surface area contributed by atoms with Crippen LogP contribution in [0.1, 0.15) is 55.8 Å². The smallest absolute Gasteiger partial charge is 0.293 e. The summed E-state index contributed by atoms with van der Waals surface area (Å²) >= 11 is 0. The highest BCUT2D eigenvalue weighted by Gasteiger charge is 2.27. The van der Waals surface area contributed by atoms with Crippen molar-refractivity contribution < 1.29 is 4.79 Å². The van der Waals surface area contributed by atoms with Gasteiger partial charge in [0.15, 0.2) is 0 Å². The molecular weight excluding hydrogens is 284 g/mol. The van der Waals surface area contributed by atoms with Gasteiger partial charge in [-0.2, -0.15) is 0 Å². The molecule has 0 bridgehead atoms. The number of rotatable bonds is 3. The molecule has 1 aromatic heterocycles. The average molecular weight is 306 g/mol. The molecule has 0 aromatic carbocycles. The van der Waals surface area contributed by atoms with Gasteiger partial charge < -0.3 is 0 Å². The van der Waals surface area contributed by atoms with E-state index in [-0.39, 0.29) is 23.8 Å². The van der Waals surface area contributed by atoms with Crippen molar-refractivity contribution in [1.82, 2.24) is 14.6 Å². The molecule has 7 heteroatoms. The van der Waals surface area contributed by atoms with Gasteiger partial charge in [0.1, 0.15) is 6.54 Å². The fraction of sp³-hybridized carbons (Fsp3) is 0.667. The number of hydrogen-bond donors (Lipinski definition) is 2. The maximum absolute atomic E-state index is 12.8. The maximum Gasteiger partial charge on any atom is 0.331 e. The second kappa shape index (κ2) is 6.08. The van der Waals surface area contributed by atoms with Gasteiger partial charge in [-0.25, -0.2) is 10.6 Å². The minimum absolute atomic E-state index is 0.0353. The van der Waals surface area contributed by atoms with E-state index in [4.69, 9.17) is 5.84 Å². The first-order valence-electron chi connectivity index (χ1n) is 8.00. The Morgan fingerprint density at radius 2 is 1.86 bits per heavy atom. The van der Waals surface area contributed by atoms with Crippen molar-refractivity contribution in [2.24, 2.45) is 5.84 Å². The number of carbonyl (C=O) groups excluding carboxylic acids is 1. The molecule has 0 saturated heterocycles. The number of hydrazine groups is 1. The number of amides is 1. The van der Waals surface area contributed by atoms with Crippen LogP contribution in [-0.4, -0.2) is 15.0 Å². The van der Waals surface area contributed by atoms with E-state index in [0.29, 0.717) is 24.1 Å². The summed E-state index contributed by atoms with van der Waals surface area (Å²) in [5.41, 5.74) is 2.97. The van der Waals surface area contributed by atoms with Crippen LogP contribution in [-0.2, 0) is 24.2 Å². The first-order chi connectivity index (χ1) is 10.6. The molecule has 0 unspecified atom stereocenters. The molecule has 3 N–H and O–H groups in total. The minimum Gasteiger partial charge on any atom is -0.293 e. The largest absolute Gasteiger partial charge is 0.331 e. The number of nitrogens with one attached hydrogen (secondary N) is 1. The molecular formula is C15H22N4O3. The van der Waals surface area contributed by atoms with E-state index in [9.17, 15) is 14.4 Å². The molecule has 1 saturated carbocycles. The zero-order chi connectivity index (χ0) is 15.7. The van der Waals surface area contributed by atoms with Crippen LogP contribution in [0.3, 0.4) is 0 Å². The summed E-state index contributed by atoms with van der Waals surface area (Å²) in [5, 5.41) is 0. The lowest BCUT2D eigenvalue weighted by Gasteiger charge is -2.25. The van der Waals surface area contributed by atoms with Crippen molar-refractivity contribution in [2.75, 3.05) is 0 Å². The second-order valence-corrected chi connectivity index (χ2v) is 6.18. The Morgan fingerprint density at radius 1 is 1.14 bits per heavy atom. The predicted octanol–water partition coefficient (Wildman–Crippen LogP) is -0.00620. The number of aromatic nitrogens is 2. The van der Waals surface area contributed by atoms with Gasteiger partial charge in [0, 0.05) is 17.3 Å². The lowest BCUT2D eigenvalue weighted by molar-refractivity contribution is -0.121. The Morgan fingerprint density at radius 3 is 2.55 bits per heavy atom. The third-order valence-electron chi connectivity index (χ3n) is 4.83. The molecule has 0 radical (unpaired) electrons. The molecule has 2 aliphatic rings. The van der Waals surface area contributed by atoms with Crippen molar-refractivity contribution in [2.45, 2.75) is 64.0 Å². The maximum atomic E-state index is 12.8. The quantitative estimate of drug-likeness (QED) is 0.466. The second-order valence-electron chi connectivity index (χ2n) is 6.18. The third-order valence-corrected chi connectivity index (χ3v) is 4.83. The summed E-state index contributed by atoms with van der Waals surface area (Å²) in [6, 6.07) is -0.0353. The Labute approximate surface area is 128 Å². The first-order valence-corrected chi connectivity index (χ1v) is 8.00. The molecule has 120 valence electrons. The minimum atomic E-state index is -0.426. The normalized spacial score (nSPS) is 18.2. The number of nitrogens with two attached hydrogens (primary N) is 1. The summed E-state index contributed by atoms with van der Waals surface area (Å²) in [4.78, 5) is 37.1. The summed E-state index contributed by atoms with van der Waals surface area (Å²) in [5.74, 6) is 4.72. The van der Waals surface area contributed by atoms with Gasteiger partial charge in [-0.15, -0.1) is 0 Å². The third kappa shape index (κ3) is 2.49. The number of carbonyl (C=O) groups is 1. The van der Waals surface area contributed by atoms with Crippen LogP contribution in [0, 0.1) is 0 Å². The molecule has 3 rings (SSSR count). The molecule has 7 nitrogen and oxygen atoms in total. The lowest BCUT2D eigenvalue weighted by atomic mass is 9.95. The van der Waals surface area contributed by atoms with Gasteiger partial charge in [0.25, 0.3) is 11.5 Å². The average Bonchev–Trinajstić information content (AvgIpc) is 3.02. The zero-order valence-electron chi connectivity index (χ0n) is 12.6. The van der Waals surface area contributed by atoms with Gasteiger partial charge in [0.2, 0.25) is 0 Å². The zero-order valence-corrected chi connectivity index (χ0v) is 12.6. The van der Waals surface area contributed by atoms with Crippen LogP contribution < -0.4 is 22.5 Å². The molecule has 0 aliphatic heterocycles. The first kappa shape index (κ1) is 15.0. The Bertz CT molecular complexity index is 698. The van der Waals surface area contributed by atoms with E-state index in [2.05, 4.69) is 5.43 Å². The van der Waals surface area contributed by atoms with Crippen molar-refractivity contribution in [1.29, 1.82) is 0 Å². The van der Waals surface area contributed by atoms with Gasteiger partial charge in [-0.05, 0) is 32.1 Å². The summed E-state index contributed by atoms with van der Waals surface area (Å²) in [6.45, 7) is -0.120. The molecule has 1 fully saturated rings. The van der Waals surface area contributed by atoms with Gasteiger partial charge in [-0.1, -0.05) is 19.3 Å². The fourth-order valence-corrected chi connectivity index (χ4v) is 3.75. The van der Waals surface area contributed by atoms with Crippen LogP contribution in [0.25, 0.3) is 0 Å². The highest BCUT2D eigenvalue weighted by molar-refractivity contribution is 5.75. The van der Waals surface area contributed by atoms with Crippen LogP contribution in [0.5, 0.6) is 0 Å². The molecule has 1 heterocycles. The number of nitrogens with zero attached hydrogens (tertiary/aromatic N) is 2. The standard InChI is InChI=1S/C15H22N4O3/c16-17-13(20)9-18-12-8-4-7-11(12)14(21)19(15(18)22)10-5-2-1-3-6-10/h10H,1-9,16H2,(H,17,20). The highest BCUT2D eigenvalue weighted by atomic mass is 16.2. The predicted molar refractivity (Wildman–Crippen MR) is 81.4 cm³/mol. The van der Waals surface area contributed by atoms with E-state index in [1.165, 1.54) is 9.13 Å². The molecule has 1 aromatic rings. The summed E-state index contributed by atoms with van der Waals surface area (Å²) in [7, 11) is 0. The lowest BCUT2D eigenvalue weighted by Crippen LogP contribution is -2.47.